The summed E-state index contributed by atoms with van der Waals surface area (Å²) in [5.41, 5.74) is 2.34. The van der Waals surface area contributed by atoms with Gasteiger partial charge in [0, 0.05) is 29.0 Å². The predicted octanol–water partition coefficient (Wildman–Crippen LogP) is 4.37. The van der Waals surface area contributed by atoms with Crippen LogP contribution in [0.2, 0.25) is 0 Å². The van der Waals surface area contributed by atoms with Gasteiger partial charge >= 0.3 is 0 Å². The van der Waals surface area contributed by atoms with Crippen molar-refractivity contribution in [3.63, 3.8) is 0 Å². The van der Waals surface area contributed by atoms with Gasteiger partial charge in [-0.25, -0.2) is 0 Å². The number of carbonyl (C=O) groups excluding carboxylic acids is 2. The van der Waals surface area contributed by atoms with Gasteiger partial charge in [-0.05, 0) is 48.7 Å². The van der Waals surface area contributed by atoms with Gasteiger partial charge in [-0.15, -0.1) is 0 Å². The van der Waals surface area contributed by atoms with Crippen LogP contribution in [0.15, 0.2) is 52.8 Å². The molecular formula is C21H21BrN2O3. The van der Waals surface area contributed by atoms with Crippen LogP contribution in [-0.2, 0) is 9.59 Å². The lowest BCUT2D eigenvalue weighted by Crippen LogP contribution is -2.30. The summed E-state index contributed by atoms with van der Waals surface area (Å²) in [7, 11) is 0. The number of likely N-dealkylation sites (tertiary alicyclic amines) is 1. The summed E-state index contributed by atoms with van der Waals surface area (Å²) >= 11 is 3.44. The van der Waals surface area contributed by atoms with Crippen LogP contribution in [0.5, 0.6) is 0 Å². The number of ketones is 1. The van der Waals surface area contributed by atoms with Gasteiger partial charge in [-0.1, -0.05) is 35.3 Å². The molecular weight excluding hydrogens is 408 g/mol. The first kappa shape index (κ1) is 19.3. The van der Waals surface area contributed by atoms with Gasteiger partial charge in [-0.2, -0.15) is 0 Å². The molecule has 1 unspecified atom stereocenters. The number of aryl methyl sites for hydroxylation is 1. The Morgan fingerprint density at radius 3 is 2.56 bits per heavy atom. The average molecular weight is 429 g/mol. The summed E-state index contributed by atoms with van der Waals surface area (Å²) in [6, 6.07) is 8.28. The minimum atomic E-state index is -0.647. The lowest BCUT2D eigenvalue weighted by molar-refractivity contribution is -0.139. The summed E-state index contributed by atoms with van der Waals surface area (Å²) in [4.78, 5) is 31.0. The second-order valence-corrected chi connectivity index (χ2v) is 7.44. The van der Waals surface area contributed by atoms with Gasteiger partial charge in [-0.3, -0.25) is 14.6 Å². The SMILES string of the molecule is CCCCN1C(=O)C(=O)/C(=C(\O)c2ccc(Br)c(C)c2)C1c1ccncc1. The Morgan fingerprint density at radius 2 is 1.93 bits per heavy atom. The van der Waals surface area contributed by atoms with E-state index in [1.54, 1.807) is 41.6 Å². The number of Topliss-reactive ketones (excluding diaryl/α,β-unsaturated/α-hetero) is 1. The maximum atomic E-state index is 12.8. The number of halogens is 1. The van der Waals surface area contributed by atoms with Crippen LogP contribution in [-0.4, -0.2) is 33.2 Å². The number of hydrogen-bond donors (Lipinski definition) is 1. The fourth-order valence-corrected chi connectivity index (χ4v) is 3.53. The molecule has 0 bridgehead atoms. The number of aliphatic hydroxyl groups excluding tert-OH is 1. The molecule has 1 atom stereocenters. The van der Waals surface area contributed by atoms with E-state index < -0.39 is 17.7 Å². The standard InChI is InChI=1S/C21H21BrN2O3/c1-3-4-11-24-18(14-7-9-23-10-8-14)17(20(26)21(24)27)19(25)15-5-6-16(22)13(2)12-15/h5-10,12,18,25H,3-4,11H2,1-2H3/b19-17-. The van der Waals surface area contributed by atoms with Gasteiger partial charge in [0.1, 0.15) is 5.76 Å². The van der Waals surface area contributed by atoms with E-state index in [9.17, 15) is 14.7 Å². The van der Waals surface area contributed by atoms with E-state index in [0.717, 1.165) is 28.4 Å². The topological polar surface area (TPSA) is 70.5 Å². The van der Waals surface area contributed by atoms with Crippen LogP contribution in [0.4, 0.5) is 0 Å². The Labute approximate surface area is 166 Å². The number of rotatable bonds is 5. The van der Waals surface area contributed by atoms with E-state index in [4.69, 9.17) is 0 Å². The molecule has 0 saturated carbocycles. The normalized spacial score (nSPS) is 18.9. The maximum Gasteiger partial charge on any atom is 0.295 e. The summed E-state index contributed by atoms with van der Waals surface area (Å²) in [6.07, 6.45) is 4.93. The second kappa shape index (κ2) is 8.05. The minimum absolute atomic E-state index is 0.129. The van der Waals surface area contributed by atoms with Crippen molar-refractivity contribution in [2.24, 2.45) is 0 Å². The zero-order valence-corrected chi connectivity index (χ0v) is 16.9. The van der Waals surface area contributed by atoms with Gasteiger partial charge in [0.25, 0.3) is 11.7 Å². The molecule has 5 nitrogen and oxygen atoms in total. The van der Waals surface area contributed by atoms with Crippen molar-refractivity contribution >= 4 is 33.4 Å². The van der Waals surface area contributed by atoms with Crippen LogP contribution in [0.3, 0.4) is 0 Å². The zero-order valence-electron chi connectivity index (χ0n) is 15.3. The van der Waals surface area contributed by atoms with E-state index >= 15 is 0 Å². The largest absolute Gasteiger partial charge is 0.507 e. The molecule has 0 aliphatic carbocycles. The van der Waals surface area contributed by atoms with Crippen molar-refractivity contribution in [1.82, 2.24) is 9.88 Å². The van der Waals surface area contributed by atoms with Crippen molar-refractivity contribution < 1.29 is 14.7 Å². The Kier molecular flexibility index (Phi) is 5.75. The molecule has 140 valence electrons. The number of hydrogen-bond acceptors (Lipinski definition) is 4. The third kappa shape index (κ3) is 3.67. The fourth-order valence-electron chi connectivity index (χ4n) is 3.28. The average Bonchev–Trinajstić information content (AvgIpc) is 2.93. The van der Waals surface area contributed by atoms with Crippen LogP contribution in [0, 0.1) is 6.92 Å². The van der Waals surface area contributed by atoms with Gasteiger partial charge in [0.2, 0.25) is 0 Å². The van der Waals surface area contributed by atoms with E-state index in [2.05, 4.69) is 20.9 Å². The van der Waals surface area contributed by atoms with Gasteiger partial charge in [0.15, 0.2) is 0 Å². The highest BCUT2D eigenvalue weighted by atomic mass is 79.9. The molecule has 1 saturated heterocycles. The van der Waals surface area contributed by atoms with E-state index in [-0.39, 0.29) is 11.3 Å². The van der Waals surface area contributed by atoms with Crippen LogP contribution in [0.1, 0.15) is 42.5 Å². The smallest absolute Gasteiger partial charge is 0.295 e. The molecule has 1 aromatic carbocycles. The molecule has 27 heavy (non-hydrogen) atoms. The minimum Gasteiger partial charge on any atom is -0.507 e. The fraction of sp³-hybridized carbons (Fsp3) is 0.286. The van der Waals surface area contributed by atoms with Crippen molar-refractivity contribution in [3.05, 3.63) is 69.5 Å². The number of nitrogens with zero attached hydrogens (tertiary/aromatic N) is 2. The Bertz CT molecular complexity index is 909. The molecule has 2 heterocycles. The lowest BCUT2D eigenvalue weighted by Gasteiger charge is -2.25. The molecule has 6 heteroatoms. The highest BCUT2D eigenvalue weighted by molar-refractivity contribution is 9.10. The van der Waals surface area contributed by atoms with E-state index in [1.807, 2.05) is 19.9 Å². The molecule has 0 radical (unpaired) electrons. The molecule has 1 amide bonds. The molecule has 1 fully saturated rings. The number of benzene rings is 1. The summed E-state index contributed by atoms with van der Waals surface area (Å²) in [6.45, 7) is 4.40. The monoisotopic (exact) mass is 428 g/mol. The molecule has 1 N–H and O–H groups in total. The Hall–Kier alpha value is -2.47. The number of carbonyl (C=O) groups is 2. The predicted molar refractivity (Wildman–Crippen MR) is 107 cm³/mol. The van der Waals surface area contributed by atoms with Crippen LogP contribution in [0.25, 0.3) is 5.76 Å². The van der Waals surface area contributed by atoms with Crippen molar-refractivity contribution in [1.29, 1.82) is 0 Å². The Morgan fingerprint density at radius 1 is 1.22 bits per heavy atom. The molecule has 1 aromatic heterocycles. The van der Waals surface area contributed by atoms with Crippen molar-refractivity contribution in [2.45, 2.75) is 32.7 Å². The molecule has 1 aliphatic heterocycles. The number of amides is 1. The number of unbranched alkanes of at least 4 members (excludes halogenated alkanes) is 1. The third-order valence-electron chi connectivity index (χ3n) is 4.75. The quantitative estimate of drug-likeness (QED) is 0.435. The number of aliphatic hydroxyl groups is 1. The Balaban J connectivity index is 2.16. The zero-order chi connectivity index (χ0) is 19.6. The molecule has 1 aliphatic rings. The first-order valence-corrected chi connectivity index (χ1v) is 9.69. The highest BCUT2D eigenvalue weighted by Crippen LogP contribution is 2.39. The highest BCUT2D eigenvalue weighted by Gasteiger charge is 2.45. The van der Waals surface area contributed by atoms with Gasteiger partial charge < -0.3 is 10.0 Å². The third-order valence-corrected chi connectivity index (χ3v) is 5.64. The van der Waals surface area contributed by atoms with E-state index in [1.165, 1.54) is 0 Å². The first-order chi connectivity index (χ1) is 13.0. The van der Waals surface area contributed by atoms with Gasteiger partial charge in [0.05, 0.1) is 11.6 Å². The van der Waals surface area contributed by atoms with Crippen molar-refractivity contribution in [3.8, 4) is 0 Å². The number of aromatic nitrogens is 1. The lowest BCUT2D eigenvalue weighted by atomic mass is 9.95. The summed E-state index contributed by atoms with van der Waals surface area (Å²) in [5.74, 6) is -1.36. The second-order valence-electron chi connectivity index (χ2n) is 6.59. The maximum absolute atomic E-state index is 12.8. The first-order valence-electron chi connectivity index (χ1n) is 8.90. The van der Waals surface area contributed by atoms with E-state index in [0.29, 0.717) is 12.1 Å². The molecule has 3 rings (SSSR count). The van der Waals surface area contributed by atoms with Crippen molar-refractivity contribution in [2.75, 3.05) is 6.54 Å². The summed E-state index contributed by atoms with van der Waals surface area (Å²) in [5, 5.41) is 10.9. The van der Waals surface area contributed by atoms with Crippen LogP contribution < -0.4 is 0 Å². The summed E-state index contributed by atoms with van der Waals surface area (Å²) < 4.78 is 0.910. The molecule has 2 aromatic rings. The molecule has 0 spiro atoms. The van der Waals surface area contributed by atoms with Crippen LogP contribution >= 0.6 is 15.9 Å². The number of pyridine rings is 1.